The highest BCUT2D eigenvalue weighted by Gasteiger charge is 2.35. The maximum atomic E-state index is 13.7. The van der Waals surface area contributed by atoms with Gasteiger partial charge in [-0.2, -0.15) is 0 Å². The van der Waals surface area contributed by atoms with E-state index in [1.165, 1.54) is 7.11 Å². The van der Waals surface area contributed by atoms with Crippen LogP contribution in [0.25, 0.3) is 10.8 Å². The molecule has 1 heterocycles. The summed E-state index contributed by atoms with van der Waals surface area (Å²) >= 11 is 0. The van der Waals surface area contributed by atoms with Gasteiger partial charge in [-0.15, -0.1) is 0 Å². The molecule has 1 aliphatic rings. The van der Waals surface area contributed by atoms with Crippen molar-refractivity contribution in [3.8, 4) is 5.75 Å². The van der Waals surface area contributed by atoms with Gasteiger partial charge in [-0.1, -0.05) is 84.9 Å². The lowest BCUT2D eigenvalue weighted by atomic mass is 9.83. The monoisotopic (exact) mass is 565 g/mol. The number of amides is 1. The first-order valence-corrected chi connectivity index (χ1v) is 14.5. The van der Waals surface area contributed by atoms with E-state index >= 15 is 0 Å². The van der Waals surface area contributed by atoms with Crippen molar-refractivity contribution in [1.29, 1.82) is 0 Å². The van der Waals surface area contributed by atoms with Gasteiger partial charge in [0.05, 0.1) is 26.1 Å². The number of benzene rings is 4. The third-order valence-corrected chi connectivity index (χ3v) is 7.81. The van der Waals surface area contributed by atoms with Crippen LogP contribution in [0.2, 0.25) is 0 Å². The van der Waals surface area contributed by atoms with Crippen molar-refractivity contribution in [2.45, 2.75) is 64.2 Å². The number of carbonyl (C=O) groups is 2. The first-order chi connectivity index (χ1) is 20.1. The Bertz CT molecular complexity index is 1550. The summed E-state index contributed by atoms with van der Waals surface area (Å²) in [6, 6.07) is 30.4. The molecule has 0 bridgehead atoms. The Morgan fingerprint density at radius 1 is 0.929 bits per heavy atom. The summed E-state index contributed by atoms with van der Waals surface area (Å²) in [5, 5.41) is 2.24. The number of fused-ring (bicyclic) bond motifs is 2. The van der Waals surface area contributed by atoms with Crippen molar-refractivity contribution in [2.24, 2.45) is 0 Å². The van der Waals surface area contributed by atoms with Crippen molar-refractivity contribution in [1.82, 2.24) is 4.90 Å². The topological polar surface area (TPSA) is 65.1 Å². The summed E-state index contributed by atoms with van der Waals surface area (Å²) in [6.45, 7) is 8.08. The predicted molar refractivity (Wildman–Crippen MR) is 165 cm³/mol. The normalized spacial score (nSPS) is 17.1. The Morgan fingerprint density at radius 2 is 1.62 bits per heavy atom. The third kappa shape index (κ3) is 6.59. The van der Waals surface area contributed by atoms with E-state index in [1.54, 1.807) is 0 Å². The van der Waals surface area contributed by atoms with Gasteiger partial charge in [-0.25, -0.2) is 4.79 Å². The molecular formula is C36H39NO5. The molecule has 3 atom stereocenters. The first-order valence-electron chi connectivity index (χ1n) is 14.5. The minimum Gasteiger partial charge on any atom is -0.488 e. The molecular weight excluding hydrogens is 526 g/mol. The number of hydrogen-bond acceptors (Lipinski definition) is 5. The smallest absolute Gasteiger partial charge is 0.410 e. The van der Waals surface area contributed by atoms with E-state index in [0.717, 1.165) is 38.8 Å². The van der Waals surface area contributed by atoms with Crippen LogP contribution in [0.15, 0.2) is 91.0 Å². The second kappa shape index (κ2) is 12.3. The van der Waals surface area contributed by atoms with Crippen LogP contribution in [-0.4, -0.2) is 42.3 Å². The standard InChI is InChI=1S/C36H39NO5/c1-24(29-15-10-12-26-11-6-7-13-30(26)29)37(35(39)42-36(2,3)4)23-28-22-32(31-14-8-9-16-33(31)41-28)27-19-17-25(18-20-27)21-34(38)40-5/h6-20,24,28,32H,21-23H2,1-5H3. The summed E-state index contributed by atoms with van der Waals surface area (Å²) < 4.78 is 17.3. The Labute approximate surface area is 248 Å². The molecule has 1 amide bonds. The zero-order valence-corrected chi connectivity index (χ0v) is 25.0. The van der Waals surface area contributed by atoms with Gasteiger partial charge in [0.2, 0.25) is 0 Å². The minimum atomic E-state index is -0.637. The van der Waals surface area contributed by atoms with Gasteiger partial charge in [0, 0.05) is 11.5 Å². The second-order valence-corrected chi connectivity index (χ2v) is 11.9. The van der Waals surface area contributed by atoms with Crippen molar-refractivity contribution in [2.75, 3.05) is 13.7 Å². The van der Waals surface area contributed by atoms with Gasteiger partial charge in [0.1, 0.15) is 17.5 Å². The molecule has 0 N–H and O–H groups in total. The van der Waals surface area contributed by atoms with Crippen LogP contribution < -0.4 is 4.74 Å². The molecule has 4 aromatic carbocycles. The molecule has 0 aromatic heterocycles. The van der Waals surface area contributed by atoms with Crippen molar-refractivity contribution in [3.63, 3.8) is 0 Å². The molecule has 0 spiro atoms. The van der Waals surface area contributed by atoms with Crippen LogP contribution >= 0.6 is 0 Å². The van der Waals surface area contributed by atoms with Crippen LogP contribution in [-0.2, 0) is 20.7 Å². The lowest BCUT2D eigenvalue weighted by Gasteiger charge is -2.38. The van der Waals surface area contributed by atoms with Crippen molar-refractivity contribution >= 4 is 22.8 Å². The first kappa shape index (κ1) is 29.2. The number of nitrogens with zero attached hydrogens (tertiary/aromatic N) is 1. The van der Waals surface area contributed by atoms with Gasteiger partial charge < -0.3 is 14.2 Å². The maximum Gasteiger partial charge on any atom is 0.410 e. The molecule has 5 rings (SSSR count). The summed E-state index contributed by atoms with van der Waals surface area (Å²) in [5.74, 6) is 0.626. The molecule has 1 aliphatic heterocycles. The van der Waals surface area contributed by atoms with E-state index < -0.39 is 5.60 Å². The number of para-hydroxylation sites is 1. The largest absolute Gasteiger partial charge is 0.488 e. The third-order valence-electron chi connectivity index (χ3n) is 7.81. The van der Waals surface area contributed by atoms with E-state index in [1.807, 2.05) is 74.2 Å². The number of methoxy groups -OCH3 is 1. The molecule has 6 heteroatoms. The van der Waals surface area contributed by atoms with E-state index in [9.17, 15) is 9.59 Å². The van der Waals surface area contributed by atoms with E-state index in [0.29, 0.717) is 13.0 Å². The zero-order chi connectivity index (χ0) is 29.9. The lowest BCUT2D eigenvalue weighted by molar-refractivity contribution is -0.139. The SMILES string of the molecule is COC(=O)Cc1ccc(C2CC(CN(C(=O)OC(C)(C)C)C(C)c3cccc4ccccc34)Oc3ccccc32)cc1. The van der Waals surface area contributed by atoms with E-state index in [-0.39, 0.29) is 36.5 Å². The van der Waals surface area contributed by atoms with Crippen LogP contribution in [0.3, 0.4) is 0 Å². The van der Waals surface area contributed by atoms with Crippen molar-refractivity contribution < 1.29 is 23.8 Å². The highest BCUT2D eigenvalue weighted by molar-refractivity contribution is 5.86. The molecule has 0 saturated heterocycles. The molecule has 4 aromatic rings. The number of esters is 1. The summed E-state index contributed by atoms with van der Waals surface area (Å²) in [7, 11) is 1.40. The molecule has 3 unspecified atom stereocenters. The highest BCUT2D eigenvalue weighted by atomic mass is 16.6. The Kier molecular flexibility index (Phi) is 8.53. The Morgan fingerprint density at radius 3 is 2.36 bits per heavy atom. The number of hydrogen-bond donors (Lipinski definition) is 0. The molecule has 0 fully saturated rings. The van der Waals surface area contributed by atoms with Gasteiger partial charge >= 0.3 is 12.1 Å². The maximum absolute atomic E-state index is 13.7. The fourth-order valence-corrected chi connectivity index (χ4v) is 5.74. The van der Waals surface area contributed by atoms with Crippen LogP contribution in [0, 0.1) is 0 Å². The summed E-state index contributed by atoms with van der Waals surface area (Å²) in [6.07, 6.45) is 0.300. The van der Waals surface area contributed by atoms with Crippen LogP contribution in [0.1, 0.15) is 68.3 Å². The van der Waals surface area contributed by atoms with Gasteiger partial charge in [0.15, 0.2) is 0 Å². The van der Waals surface area contributed by atoms with Gasteiger partial charge in [-0.05, 0) is 67.6 Å². The molecule has 0 radical (unpaired) electrons. The Balaban J connectivity index is 1.46. The molecule has 6 nitrogen and oxygen atoms in total. The fourth-order valence-electron chi connectivity index (χ4n) is 5.74. The number of rotatable bonds is 7. The predicted octanol–water partition coefficient (Wildman–Crippen LogP) is 7.84. The molecule has 0 aliphatic carbocycles. The molecule has 42 heavy (non-hydrogen) atoms. The molecule has 218 valence electrons. The van der Waals surface area contributed by atoms with E-state index in [4.69, 9.17) is 14.2 Å². The van der Waals surface area contributed by atoms with E-state index in [2.05, 4.69) is 49.4 Å². The number of carbonyl (C=O) groups excluding carboxylic acids is 2. The van der Waals surface area contributed by atoms with Crippen molar-refractivity contribution in [3.05, 3.63) is 113 Å². The second-order valence-electron chi connectivity index (χ2n) is 11.9. The quantitative estimate of drug-likeness (QED) is 0.214. The van der Waals surface area contributed by atoms with Crippen LogP contribution in [0.4, 0.5) is 4.79 Å². The highest BCUT2D eigenvalue weighted by Crippen LogP contribution is 2.41. The van der Waals surface area contributed by atoms with Crippen LogP contribution in [0.5, 0.6) is 5.75 Å². The average molecular weight is 566 g/mol. The summed E-state index contributed by atoms with van der Waals surface area (Å²) in [5.41, 5.74) is 3.58. The molecule has 0 saturated carbocycles. The van der Waals surface area contributed by atoms with Gasteiger partial charge in [-0.3, -0.25) is 9.69 Å². The van der Waals surface area contributed by atoms with Gasteiger partial charge in [0.25, 0.3) is 0 Å². The Hall–Kier alpha value is -4.32. The lowest BCUT2D eigenvalue weighted by Crippen LogP contribution is -2.45. The summed E-state index contributed by atoms with van der Waals surface area (Å²) in [4.78, 5) is 27.3. The zero-order valence-electron chi connectivity index (χ0n) is 25.0. The average Bonchev–Trinajstić information content (AvgIpc) is 2.98. The minimum absolute atomic E-state index is 0.0699. The number of ether oxygens (including phenoxy) is 3. The fraction of sp³-hybridized carbons (Fsp3) is 0.333.